The first-order valence-corrected chi connectivity index (χ1v) is 10.6. The summed E-state index contributed by atoms with van der Waals surface area (Å²) in [6, 6.07) is 7.05. The predicted molar refractivity (Wildman–Crippen MR) is 105 cm³/mol. The second-order valence-corrected chi connectivity index (χ2v) is 8.30. The Morgan fingerprint density at radius 2 is 1.76 bits per heavy atom. The minimum absolute atomic E-state index is 0.0593. The van der Waals surface area contributed by atoms with Gasteiger partial charge in [0, 0.05) is 24.0 Å². The molecule has 0 bridgehead atoms. The molecule has 0 aliphatic heterocycles. The van der Waals surface area contributed by atoms with Crippen LogP contribution in [0.1, 0.15) is 46.4 Å². The zero-order valence-corrected chi connectivity index (χ0v) is 16.7. The Hall–Kier alpha value is -2.98. The Labute approximate surface area is 168 Å². The van der Waals surface area contributed by atoms with Crippen molar-refractivity contribution < 1.29 is 22.7 Å². The van der Waals surface area contributed by atoms with Gasteiger partial charge in [-0.3, -0.25) is 25.4 Å². The number of carbonyl (C=O) groups excluding carboxylic acids is 2. The van der Waals surface area contributed by atoms with Gasteiger partial charge in [-0.2, -0.15) is 0 Å². The van der Waals surface area contributed by atoms with Gasteiger partial charge in [-0.05, 0) is 43.2 Å². The molecule has 154 valence electrons. The van der Waals surface area contributed by atoms with Gasteiger partial charge < -0.3 is 4.74 Å². The lowest BCUT2D eigenvalue weighted by atomic mass is 10.2. The quantitative estimate of drug-likeness (QED) is 0.609. The van der Waals surface area contributed by atoms with Crippen LogP contribution in [0.25, 0.3) is 0 Å². The Bertz CT molecular complexity index is 989. The molecule has 1 aromatic carbocycles. The molecule has 0 unspecified atom stereocenters. The molecule has 3 N–H and O–H groups in total. The molecule has 0 spiro atoms. The van der Waals surface area contributed by atoms with Crippen molar-refractivity contribution >= 4 is 21.8 Å². The number of ether oxygens (including phenoxy) is 1. The molecular formula is C19H22N4O5S. The Morgan fingerprint density at radius 3 is 2.38 bits per heavy atom. The van der Waals surface area contributed by atoms with Crippen LogP contribution in [0.3, 0.4) is 0 Å². The topological polar surface area (TPSA) is 126 Å². The molecule has 3 rings (SSSR count). The third-order valence-corrected chi connectivity index (χ3v) is 6.15. The van der Waals surface area contributed by atoms with Crippen LogP contribution in [0.2, 0.25) is 0 Å². The van der Waals surface area contributed by atoms with Gasteiger partial charge >= 0.3 is 0 Å². The number of nitrogens with one attached hydrogen (secondary N) is 3. The smallest absolute Gasteiger partial charge is 0.271 e. The number of amides is 2. The first-order valence-electron chi connectivity index (χ1n) is 9.12. The van der Waals surface area contributed by atoms with Crippen molar-refractivity contribution in [2.24, 2.45) is 0 Å². The summed E-state index contributed by atoms with van der Waals surface area (Å²) in [5, 5.41) is 0. The van der Waals surface area contributed by atoms with Gasteiger partial charge in [0.05, 0.1) is 12.7 Å². The lowest BCUT2D eigenvalue weighted by molar-refractivity contribution is 0.0846. The molecule has 1 heterocycles. The van der Waals surface area contributed by atoms with Gasteiger partial charge in [-0.15, -0.1) is 0 Å². The summed E-state index contributed by atoms with van der Waals surface area (Å²) in [6.45, 7) is 0. The fourth-order valence-corrected chi connectivity index (χ4v) is 4.61. The lowest BCUT2D eigenvalue weighted by Gasteiger charge is -2.16. The number of hydrogen-bond donors (Lipinski definition) is 3. The number of carbonyl (C=O) groups is 2. The molecule has 1 saturated carbocycles. The van der Waals surface area contributed by atoms with Crippen LogP contribution >= 0.6 is 0 Å². The minimum atomic E-state index is -3.87. The molecule has 2 amide bonds. The van der Waals surface area contributed by atoms with Gasteiger partial charge in [0.1, 0.15) is 10.6 Å². The third-order valence-electron chi connectivity index (χ3n) is 4.61. The van der Waals surface area contributed by atoms with Crippen molar-refractivity contribution in [3.05, 3.63) is 53.9 Å². The molecule has 1 aliphatic rings. The van der Waals surface area contributed by atoms with Gasteiger partial charge in [-0.25, -0.2) is 13.1 Å². The molecule has 0 atom stereocenters. The van der Waals surface area contributed by atoms with E-state index in [9.17, 15) is 18.0 Å². The van der Waals surface area contributed by atoms with E-state index < -0.39 is 21.8 Å². The lowest BCUT2D eigenvalue weighted by Crippen LogP contribution is -2.41. The fraction of sp³-hybridized carbons (Fsp3) is 0.316. The molecule has 1 fully saturated rings. The largest absolute Gasteiger partial charge is 0.495 e. The molecule has 0 radical (unpaired) electrons. The first-order chi connectivity index (χ1) is 13.9. The van der Waals surface area contributed by atoms with Crippen molar-refractivity contribution in [3.8, 4) is 5.75 Å². The number of hydrogen-bond acceptors (Lipinski definition) is 6. The molecule has 0 saturated heterocycles. The summed E-state index contributed by atoms with van der Waals surface area (Å²) in [6.07, 6.45) is 6.39. The summed E-state index contributed by atoms with van der Waals surface area (Å²) in [7, 11) is -2.51. The number of sulfonamides is 1. The van der Waals surface area contributed by atoms with Crippen LogP contribution < -0.4 is 20.3 Å². The van der Waals surface area contributed by atoms with Gasteiger partial charge in [0.25, 0.3) is 11.8 Å². The van der Waals surface area contributed by atoms with E-state index in [1.165, 1.54) is 37.7 Å². The Morgan fingerprint density at radius 1 is 1.07 bits per heavy atom. The van der Waals surface area contributed by atoms with E-state index >= 15 is 0 Å². The van der Waals surface area contributed by atoms with Crippen LogP contribution in [0.4, 0.5) is 0 Å². The van der Waals surface area contributed by atoms with E-state index in [0.29, 0.717) is 0 Å². The van der Waals surface area contributed by atoms with Crippen LogP contribution in [-0.4, -0.2) is 38.4 Å². The highest BCUT2D eigenvalue weighted by atomic mass is 32.2. The van der Waals surface area contributed by atoms with Crippen molar-refractivity contribution in [1.29, 1.82) is 0 Å². The zero-order chi connectivity index (χ0) is 20.9. The molecule has 1 aliphatic carbocycles. The van der Waals surface area contributed by atoms with E-state index in [0.717, 1.165) is 25.7 Å². The number of rotatable bonds is 6. The van der Waals surface area contributed by atoms with Crippen LogP contribution in [0, 0.1) is 0 Å². The maximum Gasteiger partial charge on any atom is 0.271 e. The van der Waals surface area contributed by atoms with Crippen LogP contribution in [0.5, 0.6) is 5.75 Å². The average Bonchev–Trinajstić information content (AvgIpc) is 3.24. The first kappa shape index (κ1) is 20.7. The molecule has 2 aromatic rings. The van der Waals surface area contributed by atoms with E-state index in [-0.39, 0.29) is 27.8 Å². The maximum absolute atomic E-state index is 12.8. The highest BCUT2D eigenvalue weighted by molar-refractivity contribution is 7.89. The summed E-state index contributed by atoms with van der Waals surface area (Å²) in [4.78, 5) is 28.1. The Balaban J connectivity index is 1.75. The number of methoxy groups -OCH3 is 1. The fourth-order valence-electron chi connectivity index (χ4n) is 3.11. The maximum atomic E-state index is 12.8. The Kier molecular flexibility index (Phi) is 6.45. The van der Waals surface area contributed by atoms with Crippen molar-refractivity contribution in [1.82, 2.24) is 20.6 Å². The average molecular weight is 418 g/mol. The summed E-state index contributed by atoms with van der Waals surface area (Å²) < 4.78 is 33.4. The molecular weight excluding hydrogens is 396 g/mol. The zero-order valence-electron chi connectivity index (χ0n) is 15.8. The summed E-state index contributed by atoms with van der Waals surface area (Å²) >= 11 is 0. The number of pyridine rings is 1. The number of hydrazine groups is 1. The number of benzene rings is 1. The highest BCUT2D eigenvalue weighted by Crippen LogP contribution is 2.27. The highest BCUT2D eigenvalue weighted by Gasteiger charge is 2.26. The molecule has 1 aromatic heterocycles. The third kappa shape index (κ3) is 5.09. The van der Waals surface area contributed by atoms with E-state index in [2.05, 4.69) is 20.6 Å². The molecule has 9 nitrogen and oxygen atoms in total. The standard InChI is InChI=1S/C19H22N4O5S/c1-28-16-9-8-13(11-17(16)29(26,27)23-15-6-2-3-7-15)18(24)21-22-19(25)14-5-4-10-20-12-14/h4-5,8-12,15,23H,2-3,6-7H2,1H3,(H,21,24)(H,22,25). The van der Waals surface area contributed by atoms with Gasteiger partial charge in [0.15, 0.2) is 0 Å². The monoisotopic (exact) mass is 418 g/mol. The van der Waals surface area contributed by atoms with E-state index in [1.807, 2.05) is 0 Å². The number of aromatic nitrogens is 1. The van der Waals surface area contributed by atoms with Crippen LogP contribution in [0.15, 0.2) is 47.6 Å². The number of nitrogens with zero attached hydrogens (tertiary/aromatic N) is 1. The summed E-state index contributed by atoms with van der Waals surface area (Å²) in [5.74, 6) is -1.08. The SMILES string of the molecule is COc1ccc(C(=O)NNC(=O)c2cccnc2)cc1S(=O)(=O)NC1CCCC1. The minimum Gasteiger partial charge on any atom is -0.495 e. The normalized spacial score (nSPS) is 14.4. The predicted octanol–water partition coefficient (Wildman–Crippen LogP) is 1.39. The summed E-state index contributed by atoms with van der Waals surface area (Å²) in [5.41, 5.74) is 4.86. The van der Waals surface area contributed by atoms with Crippen molar-refractivity contribution in [2.45, 2.75) is 36.6 Å². The van der Waals surface area contributed by atoms with Gasteiger partial charge in [-0.1, -0.05) is 12.8 Å². The second kappa shape index (κ2) is 9.01. The molecule has 29 heavy (non-hydrogen) atoms. The second-order valence-electron chi connectivity index (χ2n) is 6.62. The molecule has 10 heteroatoms. The van der Waals surface area contributed by atoms with Crippen molar-refractivity contribution in [2.75, 3.05) is 7.11 Å². The van der Waals surface area contributed by atoms with E-state index in [4.69, 9.17) is 4.74 Å². The van der Waals surface area contributed by atoms with Crippen LogP contribution in [-0.2, 0) is 10.0 Å². The van der Waals surface area contributed by atoms with E-state index in [1.54, 1.807) is 12.1 Å². The van der Waals surface area contributed by atoms with Gasteiger partial charge in [0.2, 0.25) is 10.0 Å². The van der Waals surface area contributed by atoms with Crippen molar-refractivity contribution in [3.63, 3.8) is 0 Å².